The predicted octanol–water partition coefficient (Wildman–Crippen LogP) is 0.789. The van der Waals surface area contributed by atoms with E-state index in [2.05, 4.69) is 10.1 Å². The molecule has 1 rings (SSSR count). The molecule has 0 aliphatic carbocycles. The SMILES string of the molecule is CCOC(=O)CC(=O)NCC(O)c1ccccc1. The summed E-state index contributed by atoms with van der Waals surface area (Å²) in [5, 5.41) is 12.3. The lowest BCUT2D eigenvalue weighted by Crippen LogP contribution is -2.30. The number of ether oxygens (including phenoxy) is 1. The molecule has 0 saturated carbocycles. The van der Waals surface area contributed by atoms with Crippen LogP contribution < -0.4 is 5.32 Å². The van der Waals surface area contributed by atoms with Gasteiger partial charge < -0.3 is 15.2 Å². The van der Waals surface area contributed by atoms with Crippen molar-refractivity contribution in [3.63, 3.8) is 0 Å². The summed E-state index contributed by atoms with van der Waals surface area (Å²) in [5.74, 6) is -1.02. The van der Waals surface area contributed by atoms with Crippen molar-refractivity contribution in [1.82, 2.24) is 5.32 Å². The molecule has 2 N–H and O–H groups in total. The lowest BCUT2D eigenvalue weighted by molar-refractivity contribution is -0.146. The van der Waals surface area contributed by atoms with Gasteiger partial charge in [0.2, 0.25) is 5.91 Å². The molecule has 0 aliphatic heterocycles. The van der Waals surface area contributed by atoms with E-state index in [4.69, 9.17) is 0 Å². The van der Waals surface area contributed by atoms with Crippen molar-refractivity contribution in [2.24, 2.45) is 0 Å². The molecule has 1 aromatic carbocycles. The van der Waals surface area contributed by atoms with E-state index in [0.717, 1.165) is 0 Å². The molecule has 0 fully saturated rings. The lowest BCUT2D eigenvalue weighted by Gasteiger charge is -2.11. The van der Waals surface area contributed by atoms with E-state index in [9.17, 15) is 14.7 Å². The Morgan fingerprint density at radius 1 is 1.33 bits per heavy atom. The molecule has 1 unspecified atom stereocenters. The fourth-order valence-electron chi connectivity index (χ4n) is 1.41. The fourth-order valence-corrected chi connectivity index (χ4v) is 1.41. The zero-order valence-electron chi connectivity index (χ0n) is 10.3. The number of amides is 1. The van der Waals surface area contributed by atoms with Gasteiger partial charge in [-0.2, -0.15) is 0 Å². The molecule has 1 atom stereocenters. The highest BCUT2D eigenvalue weighted by Crippen LogP contribution is 2.10. The second-order valence-corrected chi connectivity index (χ2v) is 3.71. The summed E-state index contributed by atoms with van der Waals surface area (Å²) in [7, 11) is 0. The molecule has 5 heteroatoms. The highest BCUT2D eigenvalue weighted by molar-refractivity contribution is 5.94. The van der Waals surface area contributed by atoms with E-state index in [0.29, 0.717) is 5.56 Å². The molecule has 98 valence electrons. The highest BCUT2D eigenvalue weighted by Gasteiger charge is 2.12. The molecule has 0 aromatic heterocycles. The number of aliphatic hydroxyl groups excluding tert-OH is 1. The van der Waals surface area contributed by atoms with E-state index < -0.39 is 18.0 Å². The second kappa shape index (κ2) is 7.45. The monoisotopic (exact) mass is 251 g/mol. The summed E-state index contributed by atoms with van der Waals surface area (Å²) in [4.78, 5) is 22.4. The largest absolute Gasteiger partial charge is 0.466 e. The van der Waals surface area contributed by atoms with Crippen LogP contribution >= 0.6 is 0 Å². The molecular weight excluding hydrogens is 234 g/mol. The van der Waals surface area contributed by atoms with Gasteiger partial charge in [-0.3, -0.25) is 9.59 Å². The van der Waals surface area contributed by atoms with Gasteiger partial charge >= 0.3 is 5.97 Å². The van der Waals surface area contributed by atoms with Crippen molar-refractivity contribution in [2.45, 2.75) is 19.4 Å². The highest BCUT2D eigenvalue weighted by atomic mass is 16.5. The van der Waals surface area contributed by atoms with E-state index in [1.165, 1.54) is 0 Å². The van der Waals surface area contributed by atoms with Crippen LogP contribution in [-0.4, -0.2) is 30.1 Å². The summed E-state index contributed by atoms with van der Waals surface area (Å²) < 4.78 is 4.64. The quantitative estimate of drug-likeness (QED) is 0.579. The number of carbonyl (C=O) groups is 2. The topological polar surface area (TPSA) is 75.6 Å². The van der Waals surface area contributed by atoms with Crippen molar-refractivity contribution in [1.29, 1.82) is 0 Å². The Morgan fingerprint density at radius 2 is 2.00 bits per heavy atom. The van der Waals surface area contributed by atoms with Crippen LogP contribution in [0.4, 0.5) is 0 Å². The Balaban J connectivity index is 2.32. The summed E-state index contributed by atoms with van der Waals surface area (Å²) in [6.45, 7) is 2.00. The summed E-state index contributed by atoms with van der Waals surface area (Å²) >= 11 is 0. The lowest BCUT2D eigenvalue weighted by atomic mass is 10.1. The van der Waals surface area contributed by atoms with Crippen molar-refractivity contribution < 1.29 is 19.4 Å². The minimum absolute atomic E-state index is 0.0717. The van der Waals surface area contributed by atoms with Gasteiger partial charge in [0.15, 0.2) is 0 Å². The number of benzene rings is 1. The smallest absolute Gasteiger partial charge is 0.315 e. The molecule has 5 nitrogen and oxygen atoms in total. The molecule has 0 bridgehead atoms. The summed E-state index contributed by atoms with van der Waals surface area (Å²) in [6, 6.07) is 8.98. The zero-order chi connectivity index (χ0) is 13.4. The first-order chi connectivity index (χ1) is 8.63. The molecule has 1 aromatic rings. The first kappa shape index (κ1) is 14.2. The van der Waals surface area contributed by atoms with Gasteiger partial charge in [0.25, 0.3) is 0 Å². The maximum atomic E-state index is 11.3. The van der Waals surface area contributed by atoms with Gasteiger partial charge in [-0.25, -0.2) is 0 Å². The van der Waals surface area contributed by atoms with E-state index >= 15 is 0 Å². The number of hydrogen-bond donors (Lipinski definition) is 2. The van der Waals surface area contributed by atoms with Gasteiger partial charge in [0.05, 0.1) is 12.7 Å². The minimum atomic E-state index is -0.780. The van der Waals surface area contributed by atoms with Crippen LogP contribution in [0.1, 0.15) is 25.0 Å². The number of nitrogens with one attached hydrogen (secondary N) is 1. The third kappa shape index (κ3) is 4.97. The van der Waals surface area contributed by atoms with Crippen LogP contribution in [0.25, 0.3) is 0 Å². The minimum Gasteiger partial charge on any atom is -0.466 e. The van der Waals surface area contributed by atoms with Crippen molar-refractivity contribution in [3.8, 4) is 0 Å². The molecule has 0 radical (unpaired) electrons. The molecule has 0 spiro atoms. The maximum absolute atomic E-state index is 11.3. The molecule has 18 heavy (non-hydrogen) atoms. The van der Waals surface area contributed by atoms with Crippen LogP contribution in [0.3, 0.4) is 0 Å². The maximum Gasteiger partial charge on any atom is 0.315 e. The number of rotatable bonds is 6. The summed E-state index contributed by atoms with van der Waals surface area (Å²) in [5.41, 5.74) is 0.717. The van der Waals surface area contributed by atoms with Crippen LogP contribution in [0.15, 0.2) is 30.3 Å². The van der Waals surface area contributed by atoms with Gasteiger partial charge in [0, 0.05) is 6.54 Å². The van der Waals surface area contributed by atoms with Gasteiger partial charge in [0.1, 0.15) is 6.42 Å². The fraction of sp³-hybridized carbons (Fsp3) is 0.385. The molecule has 0 heterocycles. The number of hydrogen-bond acceptors (Lipinski definition) is 4. The van der Waals surface area contributed by atoms with Gasteiger partial charge in [-0.15, -0.1) is 0 Å². The number of carbonyl (C=O) groups excluding carboxylic acids is 2. The normalized spacial score (nSPS) is 11.7. The number of esters is 1. The predicted molar refractivity (Wildman–Crippen MR) is 65.7 cm³/mol. The standard InChI is InChI=1S/C13H17NO4/c1-2-18-13(17)8-12(16)14-9-11(15)10-6-4-3-5-7-10/h3-7,11,15H,2,8-9H2,1H3,(H,14,16). The van der Waals surface area contributed by atoms with E-state index in [1.807, 2.05) is 6.07 Å². The van der Waals surface area contributed by atoms with Crippen LogP contribution in [-0.2, 0) is 14.3 Å². The Hall–Kier alpha value is -1.88. The Morgan fingerprint density at radius 3 is 2.61 bits per heavy atom. The van der Waals surface area contributed by atoms with E-state index in [-0.39, 0.29) is 19.6 Å². The van der Waals surface area contributed by atoms with Gasteiger partial charge in [-0.1, -0.05) is 30.3 Å². The van der Waals surface area contributed by atoms with Gasteiger partial charge in [-0.05, 0) is 12.5 Å². The first-order valence-corrected chi connectivity index (χ1v) is 5.78. The molecule has 0 aliphatic rings. The Bertz CT molecular complexity index is 391. The Kier molecular flexibility index (Phi) is 5.87. The second-order valence-electron chi connectivity index (χ2n) is 3.71. The Labute approximate surface area is 106 Å². The first-order valence-electron chi connectivity index (χ1n) is 5.78. The molecule has 1 amide bonds. The van der Waals surface area contributed by atoms with E-state index in [1.54, 1.807) is 31.2 Å². The van der Waals surface area contributed by atoms with Crippen LogP contribution in [0, 0.1) is 0 Å². The average molecular weight is 251 g/mol. The third-order valence-electron chi connectivity index (χ3n) is 2.29. The molecular formula is C13H17NO4. The molecule has 0 saturated heterocycles. The average Bonchev–Trinajstić information content (AvgIpc) is 2.37. The van der Waals surface area contributed by atoms with Crippen molar-refractivity contribution in [2.75, 3.05) is 13.2 Å². The number of aliphatic hydroxyl groups is 1. The zero-order valence-corrected chi connectivity index (χ0v) is 10.3. The van der Waals surface area contributed by atoms with Crippen molar-refractivity contribution >= 4 is 11.9 Å². The van der Waals surface area contributed by atoms with Crippen LogP contribution in [0.2, 0.25) is 0 Å². The summed E-state index contributed by atoms with van der Waals surface area (Å²) in [6.07, 6.45) is -1.10. The van der Waals surface area contributed by atoms with Crippen LogP contribution in [0.5, 0.6) is 0 Å². The van der Waals surface area contributed by atoms with Crippen molar-refractivity contribution in [3.05, 3.63) is 35.9 Å². The third-order valence-corrected chi connectivity index (χ3v) is 2.29.